The van der Waals surface area contributed by atoms with E-state index in [-0.39, 0.29) is 10.7 Å². The van der Waals surface area contributed by atoms with Crippen LogP contribution in [0, 0.1) is 6.92 Å². The number of rotatable bonds is 3. The van der Waals surface area contributed by atoms with E-state index in [4.69, 9.17) is 0 Å². The summed E-state index contributed by atoms with van der Waals surface area (Å²) in [5.41, 5.74) is 2.66. The molecule has 3 heteroatoms. The fraction of sp³-hybridized carbons (Fsp3) is 0.500. The number of halogens is 1. The van der Waals surface area contributed by atoms with Crippen molar-refractivity contribution >= 4 is 21.8 Å². The summed E-state index contributed by atoms with van der Waals surface area (Å²) in [4.78, 5) is 13.9. The predicted molar refractivity (Wildman–Crippen MR) is 73.4 cm³/mol. The summed E-state index contributed by atoms with van der Waals surface area (Å²) < 4.78 is 0. The Balaban J connectivity index is 1.94. The number of hydrogen-bond donors (Lipinski definition) is 0. The van der Waals surface area contributed by atoms with Crippen molar-refractivity contribution in [3.63, 3.8) is 0 Å². The fourth-order valence-corrected chi connectivity index (χ4v) is 2.87. The zero-order valence-electron chi connectivity index (χ0n) is 10.2. The molecule has 1 heterocycles. The van der Waals surface area contributed by atoms with E-state index in [1.54, 1.807) is 0 Å². The molecule has 0 aliphatic carbocycles. The van der Waals surface area contributed by atoms with Crippen LogP contribution >= 0.6 is 15.9 Å². The fourth-order valence-electron chi connectivity index (χ4n) is 2.26. The molecule has 1 atom stereocenters. The Bertz CT molecular complexity index is 405. The van der Waals surface area contributed by atoms with E-state index >= 15 is 0 Å². The van der Waals surface area contributed by atoms with Crippen molar-refractivity contribution < 1.29 is 4.79 Å². The van der Waals surface area contributed by atoms with E-state index < -0.39 is 0 Å². The largest absolute Gasteiger partial charge is 0.341 e. The smallest absolute Gasteiger partial charge is 0.236 e. The number of carbonyl (C=O) groups excluding carboxylic acids is 1. The van der Waals surface area contributed by atoms with Crippen LogP contribution in [0.5, 0.6) is 0 Å². The monoisotopic (exact) mass is 295 g/mol. The molecule has 0 N–H and O–H groups in total. The quantitative estimate of drug-likeness (QED) is 0.785. The van der Waals surface area contributed by atoms with Crippen molar-refractivity contribution in [1.82, 2.24) is 4.90 Å². The Kier molecular flexibility index (Phi) is 4.21. The van der Waals surface area contributed by atoms with Crippen LogP contribution in [0.15, 0.2) is 24.3 Å². The molecule has 1 unspecified atom stereocenters. The number of alkyl halides is 1. The predicted octanol–water partition coefficient (Wildman–Crippen LogP) is 2.92. The number of nitrogens with zero attached hydrogens (tertiary/aromatic N) is 1. The third-order valence-electron chi connectivity index (χ3n) is 3.38. The lowest BCUT2D eigenvalue weighted by molar-refractivity contribution is -0.132. The standard InChI is InChI=1S/C14H18BrNO/c1-11-5-2-3-6-12(11)8-10-16-9-4-7-13(15)14(16)17/h2-3,5-6,13H,4,7-10H2,1H3. The normalized spacial score (nSPS) is 20.7. The molecule has 2 nitrogen and oxygen atoms in total. The second kappa shape index (κ2) is 5.67. The lowest BCUT2D eigenvalue weighted by Crippen LogP contribution is -2.42. The summed E-state index contributed by atoms with van der Waals surface area (Å²) in [5.74, 6) is 0.254. The molecule has 2 rings (SSSR count). The molecule has 0 bridgehead atoms. The summed E-state index contributed by atoms with van der Waals surface area (Å²) >= 11 is 3.44. The van der Waals surface area contributed by atoms with Gasteiger partial charge in [-0.25, -0.2) is 0 Å². The van der Waals surface area contributed by atoms with Gasteiger partial charge >= 0.3 is 0 Å². The van der Waals surface area contributed by atoms with Gasteiger partial charge in [0.15, 0.2) is 0 Å². The van der Waals surface area contributed by atoms with E-state index in [0.29, 0.717) is 0 Å². The number of piperidine rings is 1. The number of amides is 1. The summed E-state index contributed by atoms with van der Waals surface area (Å²) in [6.45, 7) is 3.87. The molecule has 92 valence electrons. The van der Waals surface area contributed by atoms with Gasteiger partial charge in [0, 0.05) is 13.1 Å². The molecule has 0 radical (unpaired) electrons. The van der Waals surface area contributed by atoms with Gasteiger partial charge in [-0.3, -0.25) is 4.79 Å². The molecule has 1 aliphatic heterocycles. The highest BCUT2D eigenvalue weighted by Crippen LogP contribution is 2.19. The van der Waals surface area contributed by atoms with Gasteiger partial charge in [0.2, 0.25) is 5.91 Å². The Hall–Kier alpha value is -0.830. The third-order valence-corrected chi connectivity index (χ3v) is 4.23. The van der Waals surface area contributed by atoms with Crippen molar-refractivity contribution in [1.29, 1.82) is 0 Å². The first-order valence-corrected chi connectivity index (χ1v) is 7.07. The lowest BCUT2D eigenvalue weighted by Gasteiger charge is -2.30. The summed E-state index contributed by atoms with van der Waals surface area (Å²) in [5, 5.41) is 0. The molecular formula is C14H18BrNO. The minimum Gasteiger partial charge on any atom is -0.341 e. The Morgan fingerprint density at radius 3 is 2.94 bits per heavy atom. The van der Waals surface area contributed by atoms with E-state index in [2.05, 4.69) is 47.1 Å². The topological polar surface area (TPSA) is 20.3 Å². The van der Waals surface area contributed by atoms with Gasteiger partial charge in [0.1, 0.15) is 0 Å². The van der Waals surface area contributed by atoms with E-state index in [1.807, 2.05) is 4.90 Å². The van der Waals surface area contributed by atoms with Gasteiger partial charge in [0.05, 0.1) is 4.83 Å². The second-order valence-corrected chi connectivity index (χ2v) is 5.72. The Labute approximate surface area is 111 Å². The van der Waals surface area contributed by atoms with Crippen LogP contribution in [0.3, 0.4) is 0 Å². The van der Waals surface area contributed by atoms with Gasteiger partial charge in [-0.05, 0) is 37.3 Å². The molecule has 1 saturated heterocycles. The van der Waals surface area contributed by atoms with Crippen LogP contribution in [0.2, 0.25) is 0 Å². The molecule has 1 amide bonds. The molecule has 1 aromatic rings. The van der Waals surface area contributed by atoms with Gasteiger partial charge in [-0.2, -0.15) is 0 Å². The number of aryl methyl sites for hydroxylation is 1. The maximum Gasteiger partial charge on any atom is 0.236 e. The average molecular weight is 296 g/mol. The highest BCUT2D eigenvalue weighted by molar-refractivity contribution is 9.10. The second-order valence-electron chi connectivity index (χ2n) is 4.61. The molecule has 0 spiro atoms. The first-order valence-electron chi connectivity index (χ1n) is 6.16. The highest BCUT2D eigenvalue weighted by Gasteiger charge is 2.25. The minimum atomic E-state index is 0.0353. The first kappa shape index (κ1) is 12.6. The van der Waals surface area contributed by atoms with Crippen molar-refractivity contribution in [3.05, 3.63) is 35.4 Å². The summed E-state index contributed by atoms with van der Waals surface area (Å²) in [6.07, 6.45) is 3.03. The van der Waals surface area contributed by atoms with E-state index in [0.717, 1.165) is 32.4 Å². The van der Waals surface area contributed by atoms with Crippen molar-refractivity contribution in [3.8, 4) is 0 Å². The highest BCUT2D eigenvalue weighted by atomic mass is 79.9. The van der Waals surface area contributed by atoms with Crippen LogP contribution in [0.1, 0.15) is 24.0 Å². The SMILES string of the molecule is Cc1ccccc1CCN1CCCC(Br)C1=O. The van der Waals surface area contributed by atoms with Gasteiger partial charge in [0.25, 0.3) is 0 Å². The van der Waals surface area contributed by atoms with Crippen molar-refractivity contribution in [2.45, 2.75) is 31.0 Å². The number of hydrogen-bond acceptors (Lipinski definition) is 1. The molecule has 0 saturated carbocycles. The molecular weight excluding hydrogens is 278 g/mol. The van der Waals surface area contributed by atoms with Crippen molar-refractivity contribution in [2.24, 2.45) is 0 Å². The number of benzene rings is 1. The first-order chi connectivity index (χ1) is 8.18. The number of carbonyl (C=O) groups is 1. The zero-order chi connectivity index (χ0) is 12.3. The maximum absolute atomic E-state index is 11.9. The van der Waals surface area contributed by atoms with Crippen LogP contribution in [0.25, 0.3) is 0 Å². The minimum absolute atomic E-state index is 0.0353. The third kappa shape index (κ3) is 3.09. The van der Waals surface area contributed by atoms with Gasteiger partial charge in [-0.15, -0.1) is 0 Å². The molecule has 17 heavy (non-hydrogen) atoms. The molecule has 1 aliphatic rings. The van der Waals surface area contributed by atoms with E-state index in [9.17, 15) is 4.79 Å². The van der Waals surface area contributed by atoms with Crippen molar-refractivity contribution in [2.75, 3.05) is 13.1 Å². The average Bonchev–Trinajstić information content (AvgIpc) is 2.33. The maximum atomic E-state index is 11.9. The lowest BCUT2D eigenvalue weighted by atomic mass is 10.0. The zero-order valence-corrected chi connectivity index (χ0v) is 11.7. The summed E-state index contributed by atoms with van der Waals surface area (Å²) in [7, 11) is 0. The van der Waals surface area contributed by atoms with Crippen LogP contribution < -0.4 is 0 Å². The summed E-state index contributed by atoms with van der Waals surface area (Å²) in [6, 6.07) is 8.39. The molecule has 0 aromatic heterocycles. The van der Waals surface area contributed by atoms with E-state index in [1.165, 1.54) is 11.1 Å². The Morgan fingerprint density at radius 2 is 2.18 bits per heavy atom. The Morgan fingerprint density at radius 1 is 1.41 bits per heavy atom. The van der Waals surface area contributed by atoms with Gasteiger partial charge < -0.3 is 4.90 Å². The van der Waals surface area contributed by atoms with Crippen LogP contribution in [0.4, 0.5) is 0 Å². The van der Waals surface area contributed by atoms with Crippen LogP contribution in [-0.4, -0.2) is 28.7 Å². The van der Waals surface area contributed by atoms with Crippen LogP contribution in [-0.2, 0) is 11.2 Å². The number of likely N-dealkylation sites (tertiary alicyclic amines) is 1. The molecule has 1 aromatic carbocycles. The van der Waals surface area contributed by atoms with Gasteiger partial charge in [-0.1, -0.05) is 40.2 Å². The molecule has 1 fully saturated rings.